The summed E-state index contributed by atoms with van der Waals surface area (Å²) in [7, 11) is 0. The highest BCUT2D eigenvalue weighted by Crippen LogP contribution is 2.26. The van der Waals surface area contributed by atoms with E-state index >= 15 is 0 Å². The van der Waals surface area contributed by atoms with Crippen LogP contribution in [0.15, 0.2) is 18.2 Å². The van der Waals surface area contributed by atoms with E-state index in [1.807, 2.05) is 0 Å². The molecule has 0 saturated carbocycles. The summed E-state index contributed by atoms with van der Waals surface area (Å²) in [5.74, 6) is -2.94. The average Bonchev–Trinajstić information content (AvgIpc) is 2.57. The topological polar surface area (TPSA) is 105 Å². The van der Waals surface area contributed by atoms with Crippen molar-refractivity contribution in [1.29, 1.82) is 0 Å². The van der Waals surface area contributed by atoms with Gasteiger partial charge in [-0.1, -0.05) is 30.1 Å². The maximum absolute atomic E-state index is 9.10. The van der Waals surface area contributed by atoms with Crippen LogP contribution in [0.25, 0.3) is 0 Å². The lowest BCUT2D eigenvalue weighted by atomic mass is 10.3. The molecule has 0 aliphatic rings. The summed E-state index contributed by atoms with van der Waals surface area (Å²) in [5.41, 5.74) is 0. The van der Waals surface area contributed by atoms with Crippen molar-refractivity contribution in [1.82, 2.24) is 5.32 Å². The second-order valence-corrected chi connectivity index (χ2v) is 5.72. The number of halogens is 2. The molecule has 0 aliphatic heterocycles. The Bertz CT molecular complexity index is 529. The zero-order valence-electron chi connectivity index (χ0n) is 14.1. The molecule has 0 heterocycles. The molecule has 142 valence electrons. The summed E-state index contributed by atoms with van der Waals surface area (Å²) in [5, 5.41) is 19.2. The molecular weight excluding hydrogens is 373 g/mol. The molecule has 0 bridgehead atoms. The quantitative estimate of drug-likeness (QED) is 0.435. The van der Waals surface area contributed by atoms with E-state index < -0.39 is 11.9 Å². The molecular formula is C16H23Cl2NO6. The van der Waals surface area contributed by atoms with Crippen LogP contribution < -0.4 is 10.1 Å². The standard InChI is InChI=1S/C14H21Cl2NO2.C2H2O4/c1-3-11(2)17-6-7-18-8-9-19-12-4-5-13(15)14(16)10-12;3-1(4)2(5)6/h4-5,10-11,17H,3,6-9H2,1-2H3;(H,3,4)(H,5,6). The summed E-state index contributed by atoms with van der Waals surface area (Å²) in [6, 6.07) is 5.75. The molecule has 9 heteroatoms. The largest absolute Gasteiger partial charge is 0.491 e. The van der Waals surface area contributed by atoms with Crippen molar-refractivity contribution < 1.29 is 29.3 Å². The van der Waals surface area contributed by atoms with Crippen molar-refractivity contribution in [3.05, 3.63) is 28.2 Å². The molecule has 1 aromatic carbocycles. The molecule has 0 aliphatic carbocycles. The van der Waals surface area contributed by atoms with Crippen LogP contribution in [0.4, 0.5) is 0 Å². The minimum Gasteiger partial charge on any atom is -0.491 e. The zero-order chi connectivity index (χ0) is 19.2. The molecule has 3 N–H and O–H groups in total. The number of nitrogens with one attached hydrogen (secondary N) is 1. The van der Waals surface area contributed by atoms with Gasteiger partial charge in [-0.2, -0.15) is 0 Å². The van der Waals surface area contributed by atoms with Gasteiger partial charge in [0.1, 0.15) is 12.4 Å². The maximum Gasteiger partial charge on any atom is 0.414 e. The second-order valence-electron chi connectivity index (χ2n) is 4.91. The molecule has 0 saturated heterocycles. The number of ether oxygens (including phenoxy) is 2. The monoisotopic (exact) mass is 395 g/mol. The molecule has 0 radical (unpaired) electrons. The minimum absolute atomic E-state index is 0.498. The van der Waals surface area contributed by atoms with Crippen molar-refractivity contribution >= 4 is 35.1 Å². The SMILES string of the molecule is CCC(C)NCCOCCOc1ccc(Cl)c(Cl)c1.O=C(O)C(=O)O. The van der Waals surface area contributed by atoms with Crippen LogP contribution in [0.5, 0.6) is 5.75 Å². The van der Waals surface area contributed by atoms with Crippen molar-refractivity contribution in [2.45, 2.75) is 26.3 Å². The molecule has 7 nitrogen and oxygen atoms in total. The Labute approximate surface area is 156 Å². The fourth-order valence-corrected chi connectivity index (χ4v) is 1.70. The Balaban J connectivity index is 0.000000823. The molecule has 1 unspecified atom stereocenters. The highest BCUT2D eigenvalue weighted by Gasteiger charge is 2.04. The lowest BCUT2D eigenvalue weighted by Gasteiger charge is -2.11. The van der Waals surface area contributed by atoms with Gasteiger partial charge in [0.15, 0.2) is 0 Å². The van der Waals surface area contributed by atoms with Crippen molar-refractivity contribution in [3.8, 4) is 5.75 Å². The van der Waals surface area contributed by atoms with Gasteiger partial charge >= 0.3 is 11.9 Å². The summed E-state index contributed by atoms with van der Waals surface area (Å²) in [4.78, 5) is 18.2. The zero-order valence-corrected chi connectivity index (χ0v) is 15.6. The molecule has 1 aromatic rings. The molecule has 0 aromatic heterocycles. The summed E-state index contributed by atoms with van der Waals surface area (Å²) in [6.07, 6.45) is 1.13. The molecule has 0 fully saturated rings. The summed E-state index contributed by atoms with van der Waals surface area (Å²) < 4.78 is 11.0. The van der Waals surface area contributed by atoms with Gasteiger partial charge in [-0.25, -0.2) is 9.59 Å². The van der Waals surface area contributed by atoms with Gasteiger partial charge in [-0.15, -0.1) is 0 Å². The number of carboxylic acids is 2. The number of hydrogen-bond donors (Lipinski definition) is 3. The Morgan fingerprint density at radius 3 is 2.28 bits per heavy atom. The Kier molecular flexibility index (Phi) is 12.9. The highest BCUT2D eigenvalue weighted by molar-refractivity contribution is 6.42. The first-order chi connectivity index (χ1) is 11.8. The number of benzene rings is 1. The number of carbonyl (C=O) groups is 2. The minimum atomic E-state index is -1.82. The fraction of sp³-hybridized carbons (Fsp3) is 0.500. The van der Waals surface area contributed by atoms with Crippen molar-refractivity contribution in [2.75, 3.05) is 26.4 Å². The molecule has 0 amide bonds. The van der Waals surface area contributed by atoms with E-state index in [9.17, 15) is 0 Å². The van der Waals surface area contributed by atoms with Gasteiger partial charge in [0, 0.05) is 18.7 Å². The van der Waals surface area contributed by atoms with Gasteiger partial charge in [-0.05, 0) is 25.5 Å². The number of aliphatic carboxylic acids is 2. The second kappa shape index (κ2) is 13.7. The van der Waals surface area contributed by atoms with E-state index in [4.69, 9.17) is 52.5 Å². The van der Waals surface area contributed by atoms with Crippen LogP contribution in [-0.4, -0.2) is 54.6 Å². The molecule has 1 atom stereocenters. The third-order valence-corrected chi connectivity index (χ3v) is 3.66. The van der Waals surface area contributed by atoms with Crippen LogP contribution in [0.1, 0.15) is 20.3 Å². The normalized spacial score (nSPS) is 11.2. The smallest absolute Gasteiger partial charge is 0.414 e. The van der Waals surface area contributed by atoms with Crippen LogP contribution in [0, 0.1) is 0 Å². The predicted octanol–water partition coefficient (Wildman–Crippen LogP) is 2.93. The van der Waals surface area contributed by atoms with Crippen molar-refractivity contribution in [3.63, 3.8) is 0 Å². The molecule has 25 heavy (non-hydrogen) atoms. The first-order valence-corrected chi connectivity index (χ1v) is 8.38. The van der Waals surface area contributed by atoms with E-state index in [-0.39, 0.29) is 0 Å². The van der Waals surface area contributed by atoms with Crippen LogP contribution in [0.3, 0.4) is 0 Å². The van der Waals surface area contributed by atoms with Gasteiger partial charge in [-0.3, -0.25) is 0 Å². The van der Waals surface area contributed by atoms with E-state index in [0.29, 0.717) is 41.7 Å². The summed E-state index contributed by atoms with van der Waals surface area (Å²) in [6.45, 7) is 6.93. The van der Waals surface area contributed by atoms with Gasteiger partial charge in [0.05, 0.1) is 23.3 Å². The van der Waals surface area contributed by atoms with E-state index in [0.717, 1.165) is 13.0 Å². The van der Waals surface area contributed by atoms with Gasteiger partial charge in [0.2, 0.25) is 0 Å². The first-order valence-electron chi connectivity index (χ1n) is 7.63. The Morgan fingerprint density at radius 1 is 1.12 bits per heavy atom. The maximum atomic E-state index is 9.10. The van der Waals surface area contributed by atoms with Crippen molar-refractivity contribution in [2.24, 2.45) is 0 Å². The van der Waals surface area contributed by atoms with E-state index in [2.05, 4.69) is 19.2 Å². The Morgan fingerprint density at radius 2 is 1.76 bits per heavy atom. The first kappa shape index (κ1) is 23.5. The Hall–Kier alpha value is -1.54. The number of carboxylic acid groups (broad SMARTS) is 2. The third-order valence-electron chi connectivity index (χ3n) is 2.92. The highest BCUT2D eigenvalue weighted by atomic mass is 35.5. The predicted molar refractivity (Wildman–Crippen MR) is 95.8 cm³/mol. The molecule has 0 spiro atoms. The third kappa shape index (κ3) is 12.5. The van der Waals surface area contributed by atoms with Gasteiger partial charge < -0.3 is 25.0 Å². The molecule has 1 rings (SSSR count). The lowest BCUT2D eigenvalue weighted by molar-refractivity contribution is -0.159. The van der Waals surface area contributed by atoms with E-state index in [1.165, 1.54) is 0 Å². The van der Waals surface area contributed by atoms with Crippen LogP contribution in [-0.2, 0) is 14.3 Å². The van der Waals surface area contributed by atoms with Gasteiger partial charge in [0.25, 0.3) is 0 Å². The summed E-state index contributed by atoms with van der Waals surface area (Å²) >= 11 is 11.7. The average molecular weight is 396 g/mol. The number of rotatable bonds is 9. The van der Waals surface area contributed by atoms with E-state index in [1.54, 1.807) is 18.2 Å². The van der Waals surface area contributed by atoms with Crippen LogP contribution in [0.2, 0.25) is 10.0 Å². The lowest BCUT2D eigenvalue weighted by Crippen LogP contribution is -2.29. The fourth-order valence-electron chi connectivity index (χ4n) is 1.41. The van der Waals surface area contributed by atoms with Crippen LogP contribution >= 0.6 is 23.2 Å². The number of hydrogen-bond acceptors (Lipinski definition) is 5.